The number of amides is 1. The lowest BCUT2D eigenvalue weighted by Gasteiger charge is -2.10. The van der Waals surface area contributed by atoms with Gasteiger partial charge in [0, 0.05) is 21.8 Å². The van der Waals surface area contributed by atoms with E-state index in [-0.39, 0.29) is 11.7 Å². The van der Waals surface area contributed by atoms with Gasteiger partial charge in [-0.15, -0.1) is 10.2 Å². The molecule has 0 aliphatic rings. The first-order valence-corrected chi connectivity index (χ1v) is 11.9. The van der Waals surface area contributed by atoms with Crippen LogP contribution in [0, 0.1) is 0 Å². The third-order valence-corrected chi connectivity index (χ3v) is 6.09. The maximum absolute atomic E-state index is 12.5. The van der Waals surface area contributed by atoms with Crippen LogP contribution < -0.4 is 14.9 Å². The quantitative estimate of drug-likeness (QED) is 0.198. The zero-order valence-electron chi connectivity index (χ0n) is 19.0. The zero-order chi connectivity index (χ0) is 24.6. The molecular formula is C25H22ClN5O3S. The standard InChI is InChI=1S/C25H22ClN5O3S/c1-33-21-10-6-7-18(23(21)34-2)15-27-28-22(32)16-35-25-30-29-24(17-11-13-19(26)14-12-17)31(25)20-8-4-3-5-9-20/h3-15H,16H2,1-2H3,(H,28,32). The summed E-state index contributed by atoms with van der Waals surface area (Å²) < 4.78 is 12.6. The molecule has 0 spiro atoms. The summed E-state index contributed by atoms with van der Waals surface area (Å²) in [5, 5.41) is 14.0. The molecular weight excluding hydrogens is 486 g/mol. The number of carbonyl (C=O) groups excluding carboxylic acids is 1. The molecule has 0 bridgehead atoms. The monoisotopic (exact) mass is 507 g/mol. The molecule has 0 fully saturated rings. The molecule has 0 unspecified atom stereocenters. The van der Waals surface area contributed by atoms with Crippen molar-refractivity contribution in [3.05, 3.63) is 83.4 Å². The van der Waals surface area contributed by atoms with Gasteiger partial charge in [0.1, 0.15) is 0 Å². The number of halogens is 1. The summed E-state index contributed by atoms with van der Waals surface area (Å²) in [6.07, 6.45) is 1.51. The summed E-state index contributed by atoms with van der Waals surface area (Å²) in [4.78, 5) is 12.5. The third kappa shape index (κ3) is 5.82. The van der Waals surface area contributed by atoms with Crippen molar-refractivity contribution in [2.24, 2.45) is 5.10 Å². The second-order valence-electron chi connectivity index (χ2n) is 7.15. The van der Waals surface area contributed by atoms with Gasteiger partial charge in [-0.25, -0.2) is 5.43 Å². The van der Waals surface area contributed by atoms with E-state index in [1.54, 1.807) is 32.4 Å². The normalized spacial score (nSPS) is 10.9. The predicted octanol–water partition coefficient (Wildman–Crippen LogP) is 4.85. The fraction of sp³-hybridized carbons (Fsp3) is 0.120. The highest BCUT2D eigenvalue weighted by molar-refractivity contribution is 7.99. The Hall–Kier alpha value is -3.82. The summed E-state index contributed by atoms with van der Waals surface area (Å²) in [7, 11) is 3.11. The van der Waals surface area contributed by atoms with Crippen LogP contribution in [0.1, 0.15) is 5.56 Å². The molecule has 3 aromatic carbocycles. The molecule has 4 aromatic rings. The van der Waals surface area contributed by atoms with Gasteiger partial charge in [0.15, 0.2) is 22.5 Å². The molecule has 10 heteroatoms. The lowest BCUT2D eigenvalue weighted by molar-refractivity contribution is -0.118. The Morgan fingerprint density at radius 1 is 1.03 bits per heavy atom. The van der Waals surface area contributed by atoms with E-state index in [9.17, 15) is 4.79 Å². The average molecular weight is 508 g/mol. The minimum Gasteiger partial charge on any atom is -0.493 e. The van der Waals surface area contributed by atoms with Crippen molar-refractivity contribution in [1.82, 2.24) is 20.2 Å². The number of nitrogens with one attached hydrogen (secondary N) is 1. The second-order valence-corrected chi connectivity index (χ2v) is 8.53. The number of hydrazone groups is 1. The van der Waals surface area contributed by atoms with Gasteiger partial charge in [0.25, 0.3) is 5.91 Å². The number of para-hydroxylation sites is 2. The van der Waals surface area contributed by atoms with Gasteiger partial charge in [0.2, 0.25) is 0 Å². The van der Waals surface area contributed by atoms with E-state index in [4.69, 9.17) is 21.1 Å². The molecule has 0 atom stereocenters. The first-order chi connectivity index (χ1) is 17.1. The van der Waals surface area contributed by atoms with Gasteiger partial charge in [-0.05, 0) is 48.5 Å². The van der Waals surface area contributed by atoms with Crippen LogP contribution in [-0.2, 0) is 4.79 Å². The van der Waals surface area contributed by atoms with Crippen LogP contribution in [0.15, 0.2) is 83.1 Å². The maximum atomic E-state index is 12.5. The van der Waals surface area contributed by atoms with Gasteiger partial charge in [-0.2, -0.15) is 5.10 Å². The Balaban J connectivity index is 1.49. The Kier molecular flexibility index (Phi) is 8.02. The van der Waals surface area contributed by atoms with Crippen molar-refractivity contribution in [3.63, 3.8) is 0 Å². The van der Waals surface area contributed by atoms with Crippen molar-refractivity contribution in [1.29, 1.82) is 0 Å². The number of methoxy groups -OCH3 is 2. The number of ether oxygens (including phenoxy) is 2. The van der Waals surface area contributed by atoms with Crippen LogP contribution in [0.3, 0.4) is 0 Å². The van der Waals surface area contributed by atoms with E-state index >= 15 is 0 Å². The molecule has 0 saturated heterocycles. The molecule has 1 heterocycles. The largest absolute Gasteiger partial charge is 0.493 e. The van der Waals surface area contributed by atoms with Crippen LogP contribution in [0.5, 0.6) is 11.5 Å². The third-order valence-electron chi connectivity index (χ3n) is 4.91. The molecule has 178 valence electrons. The van der Waals surface area contributed by atoms with E-state index in [2.05, 4.69) is 20.7 Å². The molecule has 0 aliphatic carbocycles. The molecule has 0 radical (unpaired) electrons. The number of hydrogen-bond donors (Lipinski definition) is 1. The lowest BCUT2D eigenvalue weighted by Crippen LogP contribution is -2.20. The summed E-state index contributed by atoms with van der Waals surface area (Å²) in [6.45, 7) is 0. The van der Waals surface area contributed by atoms with Gasteiger partial charge < -0.3 is 9.47 Å². The van der Waals surface area contributed by atoms with Gasteiger partial charge in [-0.3, -0.25) is 9.36 Å². The molecule has 1 aromatic heterocycles. The van der Waals surface area contributed by atoms with Crippen molar-refractivity contribution in [2.75, 3.05) is 20.0 Å². The Morgan fingerprint density at radius 2 is 1.80 bits per heavy atom. The van der Waals surface area contributed by atoms with E-state index in [1.165, 1.54) is 18.0 Å². The molecule has 4 rings (SSSR count). The average Bonchev–Trinajstić information content (AvgIpc) is 3.32. The van der Waals surface area contributed by atoms with Crippen LogP contribution in [0.25, 0.3) is 17.1 Å². The zero-order valence-corrected chi connectivity index (χ0v) is 20.6. The molecule has 1 N–H and O–H groups in total. The number of rotatable bonds is 9. The van der Waals surface area contributed by atoms with Crippen LogP contribution in [-0.4, -0.2) is 46.9 Å². The smallest absolute Gasteiger partial charge is 0.250 e. The minimum absolute atomic E-state index is 0.0954. The Labute approximate surface area is 211 Å². The summed E-state index contributed by atoms with van der Waals surface area (Å²) in [5.41, 5.74) is 4.96. The number of thioether (sulfide) groups is 1. The SMILES string of the molecule is COc1cccc(C=NNC(=O)CSc2nnc(-c3ccc(Cl)cc3)n2-c2ccccc2)c1OC. The number of nitrogens with zero attached hydrogens (tertiary/aromatic N) is 4. The molecule has 0 aliphatic heterocycles. The number of aromatic nitrogens is 3. The highest BCUT2D eigenvalue weighted by Gasteiger charge is 2.17. The van der Waals surface area contributed by atoms with Gasteiger partial charge >= 0.3 is 0 Å². The van der Waals surface area contributed by atoms with Crippen LogP contribution in [0.4, 0.5) is 0 Å². The maximum Gasteiger partial charge on any atom is 0.250 e. The van der Waals surface area contributed by atoms with Crippen molar-refractivity contribution >= 4 is 35.5 Å². The summed E-state index contributed by atoms with van der Waals surface area (Å²) in [5.74, 6) is 1.57. The van der Waals surface area contributed by atoms with Crippen molar-refractivity contribution < 1.29 is 14.3 Å². The lowest BCUT2D eigenvalue weighted by atomic mass is 10.2. The van der Waals surface area contributed by atoms with Crippen molar-refractivity contribution in [3.8, 4) is 28.6 Å². The fourth-order valence-corrected chi connectivity index (χ4v) is 4.18. The minimum atomic E-state index is -0.288. The summed E-state index contributed by atoms with van der Waals surface area (Å²) >= 11 is 7.30. The number of carbonyl (C=O) groups is 1. The predicted molar refractivity (Wildman–Crippen MR) is 138 cm³/mol. The van der Waals surface area contributed by atoms with E-state index < -0.39 is 0 Å². The Bertz CT molecular complexity index is 1330. The van der Waals surface area contributed by atoms with Crippen LogP contribution >= 0.6 is 23.4 Å². The Morgan fingerprint density at radius 3 is 2.51 bits per heavy atom. The highest BCUT2D eigenvalue weighted by atomic mass is 35.5. The van der Waals surface area contributed by atoms with Gasteiger partial charge in [0.05, 0.1) is 26.2 Å². The fourth-order valence-electron chi connectivity index (χ4n) is 3.31. The highest BCUT2D eigenvalue weighted by Crippen LogP contribution is 2.30. The van der Waals surface area contributed by atoms with E-state index in [0.717, 1.165) is 11.3 Å². The van der Waals surface area contributed by atoms with Crippen molar-refractivity contribution in [2.45, 2.75) is 5.16 Å². The first-order valence-electron chi connectivity index (χ1n) is 10.5. The molecule has 0 saturated carbocycles. The number of hydrogen-bond acceptors (Lipinski definition) is 7. The first kappa shape index (κ1) is 24.3. The van der Waals surface area contributed by atoms with E-state index in [1.807, 2.05) is 59.2 Å². The van der Waals surface area contributed by atoms with Gasteiger partial charge in [-0.1, -0.05) is 47.6 Å². The molecule has 35 heavy (non-hydrogen) atoms. The molecule has 8 nitrogen and oxygen atoms in total. The summed E-state index contributed by atoms with van der Waals surface area (Å²) in [6, 6.07) is 22.5. The number of benzene rings is 3. The van der Waals surface area contributed by atoms with E-state index in [0.29, 0.717) is 33.1 Å². The second kappa shape index (κ2) is 11.5. The topological polar surface area (TPSA) is 90.6 Å². The van der Waals surface area contributed by atoms with Crippen LogP contribution in [0.2, 0.25) is 5.02 Å². The molecule has 1 amide bonds.